The molecule has 5 heteroatoms. The largest absolute Gasteiger partial charge is 0.481 e. The second-order valence-corrected chi connectivity index (χ2v) is 4.92. The molecule has 0 spiro atoms. The lowest BCUT2D eigenvalue weighted by Crippen LogP contribution is -2.42. The summed E-state index contributed by atoms with van der Waals surface area (Å²) in [5, 5.41) is 9.82. The maximum atomic E-state index is 11.7. The number of hydrogen-bond donors (Lipinski definition) is 1. The van der Waals surface area contributed by atoms with Gasteiger partial charge in [0, 0.05) is 18.5 Å². The monoisotopic (exact) mass is 267 g/mol. The van der Waals surface area contributed by atoms with Crippen molar-refractivity contribution >= 4 is 23.5 Å². The minimum Gasteiger partial charge on any atom is -0.481 e. The fourth-order valence-electron chi connectivity index (χ4n) is 2.44. The van der Waals surface area contributed by atoms with Crippen LogP contribution >= 0.6 is 11.6 Å². The summed E-state index contributed by atoms with van der Waals surface area (Å²) in [7, 11) is 1.64. The van der Waals surface area contributed by atoms with Crippen molar-refractivity contribution in [2.45, 2.75) is 18.9 Å². The molecule has 1 aliphatic heterocycles. The van der Waals surface area contributed by atoms with Crippen LogP contribution in [0.25, 0.3) is 0 Å². The van der Waals surface area contributed by atoms with E-state index in [1.54, 1.807) is 25.2 Å². The second kappa shape index (κ2) is 4.98. The van der Waals surface area contributed by atoms with Gasteiger partial charge in [0.25, 0.3) is 0 Å². The molecule has 0 aromatic heterocycles. The Morgan fingerprint density at radius 2 is 2.22 bits per heavy atom. The predicted octanol–water partition coefficient (Wildman–Crippen LogP) is 2.33. The number of likely N-dealkylation sites (tertiary alicyclic amines) is 1. The van der Waals surface area contributed by atoms with E-state index in [1.807, 2.05) is 6.07 Å². The lowest BCUT2D eigenvalue weighted by molar-refractivity contribution is -0.150. The number of amides is 1. The van der Waals surface area contributed by atoms with Gasteiger partial charge in [-0.3, -0.25) is 9.59 Å². The number of carbonyl (C=O) groups excluding carboxylic acids is 1. The Labute approximate surface area is 110 Å². The Morgan fingerprint density at radius 1 is 1.50 bits per heavy atom. The van der Waals surface area contributed by atoms with Crippen molar-refractivity contribution in [1.82, 2.24) is 4.90 Å². The first-order valence-electron chi connectivity index (χ1n) is 5.74. The topological polar surface area (TPSA) is 57.6 Å². The van der Waals surface area contributed by atoms with Crippen molar-refractivity contribution in [3.8, 4) is 0 Å². The van der Waals surface area contributed by atoms with Gasteiger partial charge < -0.3 is 10.0 Å². The van der Waals surface area contributed by atoms with Gasteiger partial charge in [0.15, 0.2) is 0 Å². The first kappa shape index (κ1) is 12.9. The molecule has 2 atom stereocenters. The van der Waals surface area contributed by atoms with Crippen LogP contribution in [0, 0.1) is 5.92 Å². The van der Waals surface area contributed by atoms with E-state index in [9.17, 15) is 14.7 Å². The quantitative estimate of drug-likeness (QED) is 0.895. The van der Waals surface area contributed by atoms with Crippen LogP contribution in [0.2, 0.25) is 5.02 Å². The molecule has 1 aliphatic rings. The highest BCUT2D eigenvalue weighted by Crippen LogP contribution is 2.36. The van der Waals surface area contributed by atoms with Gasteiger partial charge in [0.05, 0.1) is 12.0 Å². The molecule has 0 unspecified atom stereocenters. The van der Waals surface area contributed by atoms with Crippen molar-refractivity contribution in [3.63, 3.8) is 0 Å². The molecule has 2 rings (SSSR count). The van der Waals surface area contributed by atoms with Gasteiger partial charge in [-0.2, -0.15) is 0 Å². The number of nitrogens with zero attached hydrogens (tertiary/aromatic N) is 1. The molecule has 1 fully saturated rings. The number of piperidine rings is 1. The second-order valence-electron chi connectivity index (χ2n) is 4.49. The van der Waals surface area contributed by atoms with Crippen LogP contribution in [-0.2, 0) is 9.59 Å². The summed E-state index contributed by atoms with van der Waals surface area (Å²) in [5.74, 6) is -1.48. The smallest absolute Gasteiger partial charge is 0.308 e. The molecule has 0 aliphatic carbocycles. The van der Waals surface area contributed by atoms with Crippen molar-refractivity contribution in [1.29, 1.82) is 0 Å². The summed E-state index contributed by atoms with van der Waals surface area (Å²) in [4.78, 5) is 24.5. The number of carbonyl (C=O) groups is 2. The maximum Gasteiger partial charge on any atom is 0.308 e. The minimum atomic E-state index is -0.876. The highest BCUT2D eigenvalue weighted by atomic mass is 35.5. The first-order valence-corrected chi connectivity index (χ1v) is 6.12. The summed E-state index contributed by atoms with van der Waals surface area (Å²) in [5.41, 5.74) is 0.769. The Morgan fingerprint density at radius 3 is 2.83 bits per heavy atom. The lowest BCUT2D eigenvalue weighted by atomic mass is 9.85. The van der Waals surface area contributed by atoms with Gasteiger partial charge >= 0.3 is 5.97 Å². The van der Waals surface area contributed by atoms with Crippen molar-refractivity contribution in [2.24, 2.45) is 5.92 Å². The molecule has 0 radical (unpaired) electrons. The predicted molar refractivity (Wildman–Crippen MR) is 67.3 cm³/mol. The van der Waals surface area contributed by atoms with Gasteiger partial charge in [0.1, 0.15) is 0 Å². The van der Waals surface area contributed by atoms with Crippen LogP contribution in [0.15, 0.2) is 24.3 Å². The molecule has 18 heavy (non-hydrogen) atoms. The zero-order valence-electron chi connectivity index (χ0n) is 9.97. The molecule has 0 bridgehead atoms. The van der Waals surface area contributed by atoms with E-state index < -0.39 is 17.9 Å². The number of benzene rings is 1. The zero-order valence-corrected chi connectivity index (χ0v) is 10.7. The molecular weight excluding hydrogens is 254 g/mol. The van der Waals surface area contributed by atoms with Crippen LogP contribution < -0.4 is 0 Å². The van der Waals surface area contributed by atoms with Crippen molar-refractivity contribution < 1.29 is 14.7 Å². The first-order chi connectivity index (χ1) is 8.50. The number of carboxylic acids is 1. The summed E-state index contributed by atoms with van der Waals surface area (Å²) in [6.45, 7) is 0. The number of carboxylic acid groups (broad SMARTS) is 1. The highest BCUT2D eigenvalue weighted by molar-refractivity contribution is 6.30. The molecule has 0 saturated carbocycles. The molecule has 4 nitrogen and oxygen atoms in total. The standard InChI is InChI=1S/C13H14ClNO3/c1-15-11(16)6-5-10(13(17)18)12(15)8-3-2-4-9(14)7-8/h2-4,7,10,12H,5-6H2,1H3,(H,17,18)/t10-,12-/m0/s1. The molecular formula is C13H14ClNO3. The third-order valence-electron chi connectivity index (χ3n) is 3.37. The summed E-state index contributed by atoms with van der Waals surface area (Å²) < 4.78 is 0. The van der Waals surface area contributed by atoms with Gasteiger partial charge in [0.2, 0.25) is 5.91 Å². The molecule has 1 N–H and O–H groups in total. The van der Waals surface area contributed by atoms with Crippen molar-refractivity contribution in [3.05, 3.63) is 34.9 Å². The van der Waals surface area contributed by atoms with Gasteiger partial charge in [-0.05, 0) is 24.1 Å². The Bertz CT molecular complexity index is 489. The van der Waals surface area contributed by atoms with E-state index in [2.05, 4.69) is 0 Å². The fraction of sp³-hybridized carbons (Fsp3) is 0.385. The number of halogens is 1. The average Bonchev–Trinajstić information content (AvgIpc) is 2.32. The van der Waals surface area contributed by atoms with Gasteiger partial charge in [-0.15, -0.1) is 0 Å². The van der Waals surface area contributed by atoms with Crippen LogP contribution in [-0.4, -0.2) is 28.9 Å². The molecule has 96 valence electrons. The minimum absolute atomic E-state index is 0.0301. The lowest BCUT2D eigenvalue weighted by Gasteiger charge is -2.37. The summed E-state index contributed by atoms with van der Waals surface area (Å²) >= 11 is 5.92. The Balaban J connectivity index is 2.41. The number of aliphatic carboxylic acids is 1. The van der Waals surface area contributed by atoms with Crippen molar-refractivity contribution in [2.75, 3.05) is 7.05 Å². The van der Waals surface area contributed by atoms with E-state index in [0.29, 0.717) is 11.4 Å². The summed E-state index contributed by atoms with van der Waals surface area (Å²) in [6, 6.07) is 6.58. The van der Waals surface area contributed by atoms with Crippen LogP contribution in [0.3, 0.4) is 0 Å². The number of hydrogen-bond acceptors (Lipinski definition) is 2. The Hall–Kier alpha value is -1.55. The van der Waals surface area contributed by atoms with Gasteiger partial charge in [-0.25, -0.2) is 0 Å². The molecule has 1 aromatic rings. The summed E-state index contributed by atoms with van der Waals surface area (Å²) in [6.07, 6.45) is 0.653. The van der Waals surface area contributed by atoms with E-state index in [4.69, 9.17) is 11.6 Å². The van der Waals surface area contributed by atoms with E-state index in [-0.39, 0.29) is 12.3 Å². The molecule has 1 saturated heterocycles. The highest BCUT2D eigenvalue weighted by Gasteiger charge is 2.38. The average molecular weight is 268 g/mol. The fourth-order valence-corrected chi connectivity index (χ4v) is 2.64. The molecule has 1 amide bonds. The third kappa shape index (κ3) is 2.34. The van der Waals surface area contributed by atoms with E-state index in [1.165, 1.54) is 4.90 Å². The zero-order chi connectivity index (χ0) is 13.3. The van der Waals surface area contributed by atoms with E-state index in [0.717, 1.165) is 5.56 Å². The molecule has 1 aromatic carbocycles. The maximum absolute atomic E-state index is 11.7. The van der Waals surface area contributed by atoms with Crippen LogP contribution in [0.5, 0.6) is 0 Å². The number of rotatable bonds is 2. The normalized spacial score (nSPS) is 24.1. The third-order valence-corrected chi connectivity index (χ3v) is 3.60. The van der Waals surface area contributed by atoms with Crippen LogP contribution in [0.4, 0.5) is 0 Å². The SMILES string of the molecule is CN1C(=O)CC[C@H](C(=O)O)[C@@H]1c1cccc(Cl)c1. The Kier molecular flexibility index (Phi) is 3.57. The van der Waals surface area contributed by atoms with Crippen LogP contribution in [0.1, 0.15) is 24.4 Å². The van der Waals surface area contributed by atoms with E-state index >= 15 is 0 Å². The molecule has 1 heterocycles. The van der Waals surface area contributed by atoms with Gasteiger partial charge in [-0.1, -0.05) is 23.7 Å².